The van der Waals surface area contributed by atoms with Crippen LogP contribution in [0.25, 0.3) is 22.1 Å². The first-order chi connectivity index (χ1) is 12.7. The van der Waals surface area contributed by atoms with Crippen molar-refractivity contribution in [2.24, 2.45) is 10.2 Å². The number of hydrogen-bond donors (Lipinski definition) is 2. The number of aromatic amines is 1. The van der Waals surface area contributed by atoms with Crippen LogP contribution in [0.1, 0.15) is 12.5 Å². The van der Waals surface area contributed by atoms with E-state index in [-0.39, 0.29) is 11.7 Å². The van der Waals surface area contributed by atoms with E-state index in [0.717, 1.165) is 16.5 Å². The van der Waals surface area contributed by atoms with E-state index >= 15 is 0 Å². The van der Waals surface area contributed by atoms with Crippen LogP contribution in [0.2, 0.25) is 0 Å². The van der Waals surface area contributed by atoms with Crippen LogP contribution in [0.5, 0.6) is 11.5 Å². The Kier molecular flexibility index (Phi) is 4.14. The number of nitrogens with zero attached hydrogens (tertiary/aromatic N) is 5. The van der Waals surface area contributed by atoms with Crippen LogP contribution >= 0.6 is 0 Å². The SMILES string of the molecule is CCOc1cc(CN=Nc2nnc3c(n2)[nH]c2ccccc23)ccc1O. The molecular formula is C18H16N6O2. The van der Waals surface area contributed by atoms with Crippen LogP contribution in [-0.2, 0) is 6.54 Å². The number of fused-ring (bicyclic) bond motifs is 3. The summed E-state index contributed by atoms with van der Waals surface area (Å²) in [7, 11) is 0. The number of benzene rings is 2. The lowest BCUT2D eigenvalue weighted by Gasteiger charge is -2.06. The largest absolute Gasteiger partial charge is 0.504 e. The molecule has 0 atom stereocenters. The third-order valence-electron chi connectivity index (χ3n) is 3.85. The minimum absolute atomic E-state index is 0.101. The van der Waals surface area contributed by atoms with Gasteiger partial charge in [-0.2, -0.15) is 10.1 Å². The summed E-state index contributed by atoms with van der Waals surface area (Å²) in [6.45, 7) is 2.65. The zero-order valence-corrected chi connectivity index (χ0v) is 14.0. The van der Waals surface area contributed by atoms with Gasteiger partial charge in [0.05, 0.1) is 13.2 Å². The molecule has 26 heavy (non-hydrogen) atoms. The quantitative estimate of drug-likeness (QED) is 0.532. The van der Waals surface area contributed by atoms with E-state index in [2.05, 4.69) is 30.4 Å². The van der Waals surface area contributed by atoms with Gasteiger partial charge in [-0.15, -0.1) is 15.3 Å². The van der Waals surface area contributed by atoms with Gasteiger partial charge in [0.15, 0.2) is 17.1 Å². The number of H-pyrrole nitrogens is 1. The van der Waals surface area contributed by atoms with Gasteiger partial charge >= 0.3 is 0 Å². The summed E-state index contributed by atoms with van der Waals surface area (Å²) < 4.78 is 5.36. The van der Waals surface area contributed by atoms with Gasteiger partial charge in [0, 0.05) is 10.9 Å². The molecule has 2 aromatic carbocycles. The Morgan fingerprint density at radius 2 is 2.04 bits per heavy atom. The highest BCUT2D eigenvalue weighted by molar-refractivity contribution is 6.03. The van der Waals surface area contributed by atoms with Gasteiger partial charge < -0.3 is 14.8 Å². The fourth-order valence-electron chi connectivity index (χ4n) is 2.66. The molecule has 0 radical (unpaired) electrons. The van der Waals surface area contributed by atoms with Gasteiger partial charge in [0.25, 0.3) is 5.95 Å². The molecule has 2 N–H and O–H groups in total. The highest BCUT2D eigenvalue weighted by atomic mass is 16.5. The molecule has 0 amide bonds. The lowest BCUT2D eigenvalue weighted by Crippen LogP contribution is -1.93. The Morgan fingerprint density at radius 3 is 2.92 bits per heavy atom. The fraction of sp³-hybridized carbons (Fsp3) is 0.167. The maximum atomic E-state index is 9.72. The number of rotatable bonds is 5. The molecule has 0 bridgehead atoms. The molecule has 0 saturated carbocycles. The first-order valence-electron chi connectivity index (χ1n) is 8.18. The van der Waals surface area contributed by atoms with Crippen LogP contribution in [0.15, 0.2) is 52.7 Å². The van der Waals surface area contributed by atoms with Crippen LogP contribution in [0.4, 0.5) is 5.95 Å². The number of ether oxygens (including phenoxy) is 1. The Morgan fingerprint density at radius 1 is 1.15 bits per heavy atom. The molecule has 2 heterocycles. The van der Waals surface area contributed by atoms with Gasteiger partial charge in [-0.25, -0.2) is 0 Å². The van der Waals surface area contributed by atoms with Gasteiger partial charge in [-0.05, 0) is 30.7 Å². The monoisotopic (exact) mass is 348 g/mol. The minimum atomic E-state index is 0.101. The highest BCUT2D eigenvalue weighted by Crippen LogP contribution is 2.27. The maximum Gasteiger partial charge on any atom is 0.289 e. The number of phenols is 1. The summed E-state index contributed by atoms with van der Waals surface area (Å²) in [6.07, 6.45) is 0. The molecule has 0 fully saturated rings. The van der Waals surface area contributed by atoms with Crippen molar-refractivity contribution < 1.29 is 9.84 Å². The summed E-state index contributed by atoms with van der Waals surface area (Å²) in [6, 6.07) is 12.9. The number of hydrogen-bond acceptors (Lipinski definition) is 7. The maximum absolute atomic E-state index is 9.72. The van der Waals surface area contributed by atoms with E-state index in [1.807, 2.05) is 31.2 Å². The van der Waals surface area contributed by atoms with Crippen LogP contribution in [-0.4, -0.2) is 31.9 Å². The van der Waals surface area contributed by atoms with E-state index in [1.165, 1.54) is 0 Å². The molecular weight excluding hydrogens is 332 g/mol. The Labute approximate surface area is 148 Å². The topological polar surface area (TPSA) is 109 Å². The number of aromatic hydroxyl groups is 1. The Bertz CT molecular complexity index is 1110. The number of para-hydroxylation sites is 1. The second-order valence-electron chi connectivity index (χ2n) is 5.61. The van der Waals surface area contributed by atoms with Crippen molar-refractivity contribution in [1.29, 1.82) is 0 Å². The van der Waals surface area contributed by atoms with E-state index in [1.54, 1.807) is 18.2 Å². The smallest absolute Gasteiger partial charge is 0.289 e. The van der Waals surface area contributed by atoms with Gasteiger partial charge in [0.1, 0.15) is 5.52 Å². The molecule has 0 spiro atoms. The molecule has 0 saturated heterocycles. The molecule has 0 aliphatic rings. The third kappa shape index (κ3) is 3.04. The first kappa shape index (κ1) is 15.9. The van der Waals surface area contributed by atoms with Crippen LogP contribution in [0, 0.1) is 0 Å². The second-order valence-corrected chi connectivity index (χ2v) is 5.61. The molecule has 130 valence electrons. The summed E-state index contributed by atoms with van der Waals surface area (Å²) in [5.74, 6) is 0.717. The van der Waals surface area contributed by atoms with Gasteiger partial charge in [-0.3, -0.25) is 0 Å². The van der Waals surface area contributed by atoms with Crippen molar-refractivity contribution in [3.05, 3.63) is 48.0 Å². The Balaban J connectivity index is 1.55. The second kappa shape index (κ2) is 6.75. The van der Waals surface area contributed by atoms with Crippen LogP contribution < -0.4 is 4.74 Å². The normalized spacial score (nSPS) is 11.6. The summed E-state index contributed by atoms with van der Waals surface area (Å²) in [4.78, 5) is 7.55. The standard InChI is InChI=1S/C18H16N6O2/c1-2-26-15-9-11(7-8-14(15)25)10-19-23-18-21-17-16(22-24-18)12-5-3-4-6-13(12)20-17/h3-9,25H,2,10H2,1H3,(H,20,21,24). The molecule has 0 aliphatic heterocycles. The van der Waals surface area contributed by atoms with Crippen molar-refractivity contribution in [3.63, 3.8) is 0 Å². The average molecular weight is 348 g/mol. The lowest BCUT2D eigenvalue weighted by atomic mass is 10.2. The number of aromatic nitrogens is 4. The van der Waals surface area contributed by atoms with Gasteiger partial charge in [0.2, 0.25) is 0 Å². The van der Waals surface area contributed by atoms with Gasteiger partial charge in [-0.1, -0.05) is 24.3 Å². The van der Waals surface area contributed by atoms with Crippen molar-refractivity contribution in [3.8, 4) is 11.5 Å². The summed E-state index contributed by atoms with van der Waals surface area (Å²) >= 11 is 0. The molecule has 2 aromatic heterocycles. The predicted molar refractivity (Wildman–Crippen MR) is 96.7 cm³/mol. The van der Waals surface area contributed by atoms with Crippen molar-refractivity contribution in [2.75, 3.05) is 6.61 Å². The van der Waals surface area contributed by atoms with E-state index in [4.69, 9.17) is 4.74 Å². The van der Waals surface area contributed by atoms with E-state index in [9.17, 15) is 5.11 Å². The zero-order chi connectivity index (χ0) is 17.9. The molecule has 4 aromatic rings. The summed E-state index contributed by atoms with van der Waals surface area (Å²) in [5, 5.41) is 27.0. The molecule has 4 rings (SSSR count). The zero-order valence-electron chi connectivity index (χ0n) is 14.0. The number of phenolic OH excluding ortho intramolecular Hbond substituents is 1. The lowest BCUT2D eigenvalue weighted by molar-refractivity contribution is 0.318. The van der Waals surface area contributed by atoms with Crippen molar-refractivity contribution in [2.45, 2.75) is 13.5 Å². The number of azo groups is 1. The average Bonchev–Trinajstić information content (AvgIpc) is 3.02. The molecule has 8 nitrogen and oxygen atoms in total. The molecule has 8 heteroatoms. The van der Waals surface area contributed by atoms with E-state index in [0.29, 0.717) is 30.1 Å². The first-order valence-corrected chi connectivity index (χ1v) is 8.18. The summed E-state index contributed by atoms with van der Waals surface area (Å²) in [5.41, 5.74) is 3.14. The fourth-order valence-corrected chi connectivity index (χ4v) is 2.66. The Hall–Kier alpha value is -3.55. The number of nitrogens with one attached hydrogen (secondary N) is 1. The van der Waals surface area contributed by atoms with E-state index < -0.39 is 0 Å². The predicted octanol–water partition coefficient (Wildman–Crippen LogP) is 3.89. The highest BCUT2D eigenvalue weighted by Gasteiger charge is 2.08. The third-order valence-corrected chi connectivity index (χ3v) is 3.85. The minimum Gasteiger partial charge on any atom is -0.504 e. The molecule has 0 unspecified atom stereocenters. The van der Waals surface area contributed by atoms with Crippen LogP contribution in [0.3, 0.4) is 0 Å². The van der Waals surface area contributed by atoms with Crippen molar-refractivity contribution in [1.82, 2.24) is 20.2 Å². The van der Waals surface area contributed by atoms with Crippen molar-refractivity contribution >= 4 is 28.0 Å². The molecule has 0 aliphatic carbocycles.